The van der Waals surface area contributed by atoms with Crippen LogP contribution in [0.25, 0.3) is 0 Å². The molecule has 1 saturated carbocycles. The average molecular weight is 278 g/mol. The molecule has 0 aromatic carbocycles. The average Bonchev–Trinajstić information content (AvgIpc) is 2.12. The van der Waals surface area contributed by atoms with Crippen LogP contribution in [0.3, 0.4) is 0 Å². The van der Waals surface area contributed by atoms with E-state index in [0.29, 0.717) is 18.9 Å². The number of methoxy groups -OCH3 is 1. The molecule has 0 aromatic heterocycles. The zero-order chi connectivity index (χ0) is 11.1. The van der Waals surface area contributed by atoms with Crippen molar-refractivity contribution in [2.45, 2.75) is 38.1 Å². The van der Waals surface area contributed by atoms with Crippen molar-refractivity contribution in [3.05, 3.63) is 0 Å². The number of rotatable bonds is 7. The van der Waals surface area contributed by atoms with E-state index < -0.39 is 0 Å². The van der Waals surface area contributed by atoms with Crippen molar-refractivity contribution in [2.75, 3.05) is 19.0 Å². The lowest BCUT2D eigenvalue weighted by atomic mass is 9.83. The first-order chi connectivity index (χ1) is 7.26. The highest BCUT2D eigenvalue weighted by Gasteiger charge is 2.21. The molecule has 1 fully saturated rings. The van der Waals surface area contributed by atoms with Gasteiger partial charge in [-0.2, -0.15) is 0 Å². The van der Waals surface area contributed by atoms with Gasteiger partial charge < -0.3 is 10.1 Å². The number of carbonyl (C=O) groups excluding carboxylic acids is 1. The molecule has 1 unspecified atom stereocenters. The van der Waals surface area contributed by atoms with Crippen molar-refractivity contribution in [3.63, 3.8) is 0 Å². The maximum Gasteiger partial charge on any atom is 0.220 e. The third-order valence-electron chi connectivity index (χ3n) is 2.89. The van der Waals surface area contributed by atoms with E-state index in [1.807, 2.05) is 0 Å². The van der Waals surface area contributed by atoms with E-state index in [0.717, 1.165) is 11.8 Å². The lowest BCUT2D eigenvalue weighted by molar-refractivity contribution is -0.123. The Morgan fingerprint density at radius 3 is 2.80 bits per heavy atom. The second-order valence-electron chi connectivity index (χ2n) is 4.20. The summed E-state index contributed by atoms with van der Waals surface area (Å²) in [6.07, 6.45) is 5.36. The minimum atomic E-state index is 0.155. The molecule has 15 heavy (non-hydrogen) atoms. The Kier molecular flexibility index (Phi) is 6.25. The van der Waals surface area contributed by atoms with Crippen molar-refractivity contribution in [3.8, 4) is 0 Å². The van der Waals surface area contributed by atoms with Gasteiger partial charge in [0.05, 0.1) is 12.6 Å². The number of carbonyl (C=O) groups is 1. The molecule has 1 aliphatic carbocycles. The van der Waals surface area contributed by atoms with Crippen LogP contribution in [-0.2, 0) is 9.53 Å². The largest absolute Gasteiger partial charge is 0.383 e. The SMILES string of the molecule is COCC(CCBr)NC(=O)CC1CCC1. The molecule has 1 amide bonds. The summed E-state index contributed by atoms with van der Waals surface area (Å²) in [5.74, 6) is 0.819. The number of hydrogen-bond donors (Lipinski definition) is 1. The quantitative estimate of drug-likeness (QED) is 0.724. The van der Waals surface area contributed by atoms with Gasteiger partial charge in [-0.15, -0.1) is 0 Å². The molecule has 0 aliphatic heterocycles. The predicted octanol–water partition coefficient (Wildman–Crippen LogP) is 2.09. The number of halogens is 1. The summed E-state index contributed by atoms with van der Waals surface area (Å²) in [5, 5.41) is 3.92. The second kappa shape index (κ2) is 7.23. The Labute approximate surface area is 100 Å². The van der Waals surface area contributed by atoms with Gasteiger partial charge in [-0.1, -0.05) is 22.4 Å². The highest BCUT2D eigenvalue weighted by molar-refractivity contribution is 9.09. The van der Waals surface area contributed by atoms with E-state index in [2.05, 4.69) is 21.2 Å². The molecule has 1 atom stereocenters. The highest BCUT2D eigenvalue weighted by atomic mass is 79.9. The Morgan fingerprint density at radius 2 is 2.33 bits per heavy atom. The van der Waals surface area contributed by atoms with Crippen LogP contribution in [-0.4, -0.2) is 31.0 Å². The molecular weight excluding hydrogens is 258 g/mol. The molecule has 1 N–H and O–H groups in total. The molecule has 0 bridgehead atoms. The van der Waals surface area contributed by atoms with Crippen LogP contribution in [0, 0.1) is 5.92 Å². The van der Waals surface area contributed by atoms with E-state index >= 15 is 0 Å². The number of nitrogens with one attached hydrogen (secondary N) is 1. The fraction of sp³-hybridized carbons (Fsp3) is 0.909. The third kappa shape index (κ3) is 4.98. The van der Waals surface area contributed by atoms with E-state index in [-0.39, 0.29) is 11.9 Å². The van der Waals surface area contributed by atoms with E-state index in [4.69, 9.17) is 4.74 Å². The van der Waals surface area contributed by atoms with Crippen molar-refractivity contribution in [2.24, 2.45) is 5.92 Å². The molecule has 4 heteroatoms. The Morgan fingerprint density at radius 1 is 1.60 bits per heavy atom. The Bertz CT molecular complexity index is 189. The summed E-state index contributed by atoms with van der Waals surface area (Å²) < 4.78 is 5.07. The van der Waals surface area contributed by atoms with Gasteiger partial charge in [-0.25, -0.2) is 0 Å². The van der Waals surface area contributed by atoms with Gasteiger partial charge in [-0.05, 0) is 25.2 Å². The van der Waals surface area contributed by atoms with Gasteiger partial charge >= 0.3 is 0 Å². The van der Waals surface area contributed by atoms with Crippen molar-refractivity contribution >= 4 is 21.8 Å². The van der Waals surface area contributed by atoms with Crippen LogP contribution in [0.1, 0.15) is 32.1 Å². The monoisotopic (exact) mass is 277 g/mol. The molecule has 0 heterocycles. The zero-order valence-corrected chi connectivity index (χ0v) is 10.9. The smallest absolute Gasteiger partial charge is 0.220 e. The summed E-state index contributed by atoms with van der Waals surface area (Å²) in [7, 11) is 1.67. The van der Waals surface area contributed by atoms with Crippen LogP contribution in [0.4, 0.5) is 0 Å². The maximum absolute atomic E-state index is 11.6. The van der Waals surface area contributed by atoms with Crippen molar-refractivity contribution < 1.29 is 9.53 Å². The normalized spacial score (nSPS) is 18.3. The molecule has 1 rings (SSSR count). The minimum Gasteiger partial charge on any atom is -0.383 e. The van der Waals surface area contributed by atoms with Crippen LogP contribution < -0.4 is 5.32 Å². The zero-order valence-electron chi connectivity index (χ0n) is 9.30. The van der Waals surface area contributed by atoms with E-state index in [1.165, 1.54) is 19.3 Å². The molecular formula is C11H20BrNO2. The van der Waals surface area contributed by atoms with Crippen LogP contribution in [0.15, 0.2) is 0 Å². The highest BCUT2D eigenvalue weighted by Crippen LogP contribution is 2.29. The van der Waals surface area contributed by atoms with Crippen molar-refractivity contribution in [1.29, 1.82) is 0 Å². The molecule has 0 radical (unpaired) electrons. The van der Waals surface area contributed by atoms with Crippen LogP contribution in [0.2, 0.25) is 0 Å². The van der Waals surface area contributed by atoms with E-state index in [9.17, 15) is 4.79 Å². The Hall–Kier alpha value is -0.0900. The van der Waals surface area contributed by atoms with E-state index in [1.54, 1.807) is 7.11 Å². The second-order valence-corrected chi connectivity index (χ2v) is 4.99. The predicted molar refractivity (Wildman–Crippen MR) is 64.2 cm³/mol. The minimum absolute atomic E-state index is 0.155. The standard InChI is InChI=1S/C11H20BrNO2/c1-15-8-10(5-6-12)13-11(14)7-9-3-2-4-9/h9-10H,2-8H2,1H3,(H,13,14). The Balaban J connectivity index is 2.19. The first kappa shape index (κ1) is 13.0. The summed E-state index contributed by atoms with van der Waals surface area (Å²) in [5.41, 5.74) is 0. The van der Waals surface area contributed by atoms with Gasteiger partial charge in [0.15, 0.2) is 0 Å². The fourth-order valence-electron chi connectivity index (χ4n) is 1.78. The summed E-state index contributed by atoms with van der Waals surface area (Å²) >= 11 is 3.38. The first-order valence-corrected chi connectivity index (χ1v) is 6.72. The van der Waals surface area contributed by atoms with Gasteiger partial charge in [0.1, 0.15) is 0 Å². The molecule has 0 aromatic rings. The van der Waals surface area contributed by atoms with Crippen molar-refractivity contribution in [1.82, 2.24) is 5.32 Å². The number of hydrogen-bond acceptors (Lipinski definition) is 2. The third-order valence-corrected chi connectivity index (χ3v) is 3.35. The topological polar surface area (TPSA) is 38.3 Å². The summed E-state index contributed by atoms with van der Waals surface area (Å²) in [6.45, 7) is 0.599. The molecule has 0 saturated heterocycles. The number of ether oxygens (including phenoxy) is 1. The fourth-order valence-corrected chi connectivity index (χ4v) is 2.33. The maximum atomic E-state index is 11.6. The number of alkyl halides is 1. The molecule has 88 valence electrons. The molecule has 0 spiro atoms. The van der Waals surface area contributed by atoms with Gasteiger partial charge in [0, 0.05) is 18.9 Å². The van der Waals surface area contributed by atoms with Gasteiger partial charge in [-0.3, -0.25) is 4.79 Å². The lowest BCUT2D eigenvalue weighted by Gasteiger charge is -2.25. The summed E-state index contributed by atoms with van der Waals surface area (Å²) in [4.78, 5) is 11.6. The van der Waals surface area contributed by atoms with Gasteiger partial charge in [0.25, 0.3) is 0 Å². The van der Waals surface area contributed by atoms with Crippen LogP contribution >= 0.6 is 15.9 Å². The van der Waals surface area contributed by atoms with Crippen LogP contribution in [0.5, 0.6) is 0 Å². The first-order valence-electron chi connectivity index (χ1n) is 5.60. The van der Waals surface area contributed by atoms with Gasteiger partial charge in [0.2, 0.25) is 5.91 Å². The molecule has 1 aliphatic rings. The number of amides is 1. The summed E-state index contributed by atoms with van der Waals surface area (Å²) in [6, 6.07) is 0.155. The lowest BCUT2D eigenvalue weighted by Crippen LogP contribution is -2.39. The molecule has 3 nitrogen and oxygen atoms in total.